The molecule has 0 saturated heterocycles. The summed E-state index contributed by atoms with van der Waals surface area (Å²) in [6, 6.07) is 7.06. The van der Waals surface area contributed by atoms with E-state index in [1.54, 1.807) is 0 Å². The van der Waals surface area contributed by atoms with Crippen molar-refractivity contribution in [3.63, 3.8) is 0 Å². The molecule has 0 spiro atoms. The summed E-state index contributed by atoms with van der Waals surface area (Å²) in [5, 5.41) is 3.53. The second-order valence-electron chi connectivity index (χ2n) is 3.53. The zero-order valence-corrected chi connectivity index (χ0v) is 9.39. The Balaban J connectivity index is 2.32. The van der Waals surface area contributed by atoms with Crippen molar-refractivity contribution in [2.24, 2.45) is 0 Å². The monoisotopic (exact) mass is 239 g/mol. The Labute approximate surface area is 87.7 Å². The van der Waals surface area contributed by atoms with E-state index >= 15 is 0 Å². The largest absolute Gasteiger partial charge is 0.306 e. The Hall–Kier alpha value is -0.340. The summed E-state index contributed by atoms with van der Waals surface area (Å²) in [4.78, 5) is 0. The van der Waals surface area contributed by atoms with Crippen LogP contribution >= 0.6 is 15.9 Å². The SMILES string of the molecule is CCCC1NCc2c(Br)cccc21. The van der Waals surface area contributed by atoms with E-state index in [0.717, 1.165) is 6.54 Å². The fraction of sp³-hybridized carbons (Fsp3) is 0.455. The molecule has 2 rings (SSSR count). The molecule has 1 aromatic carbocycles. The van der Waals surface area contributed by atoms with Gasteiger partial charge in [-0.3, -0.25) is 0 Å². The van der Waals surface area contributed by atoms with Crippen LogP contribution < -0.4 is 5.32 Å². The maximum absolute atomic E-state index is 3.59. The number of nitrogens with one attached hydrogen (secondary N) is 1. The van der Waals surface area contributed by atoms with E-state index < -0.39 is 0 Å². The highest BCUT2D eigenvalue weighted by Gasteiger charge is 2.21. The third kappa shape index (κ3) is 1.65. The maximum atomic E-state index is 3.59. The van der Waals surface area contributed by atoms with E-state index in [2.05, 4.69) is 46.4 Å². The highest BCUT2D eigenvalue weighted by molar-refractivity contribution is 9.10. The highest BCUT2D eigenvalue weighted by Crippen LogP contribution is 2.32. The van der Waals surface area contributed by atoms with Crippen LogP contribution in [0.3, 0.4) is 0 Å². The number of benzene rings is 1. The molecule has 0 aromatic heterocycles. The molecule has 0 aliphatic carbocycles. The van der Waals surface area contributed by atoms with Gasteiger partial charge in [-0.2, -0.15) is 0 Å². The summed E-state index contributed by atoms with van der Waals surface area (Å²) in [5.74, 6) is 0. The zero-order valence-electron chi connectivity index (χ0n) is 7.81. The van der Waals surface area contributed by atoms with Crippen molar-refractivity contribution in [1.82, 2.24) is 5.32 Å². The van der Waals surface area contributed by atoms with E-state index in [1.165, 1.54) is 28.4 Å². The summed E-state index contributed by atoms with van der Waals surface area (Å²) >= 11 is 3.59. The van der Waals surface area contributed by atoms with E-state index in [0.29, 0.717) is 6.04 Å². The number of fused-ring (bicyclic) bond motifs is 1. The van der Waals surface area contributed by atoms with Crippen LogP contribution in [0.2, 0.25) is 0 Å². The van der Waals surface area contributed by atoms with Gasteiger partial charge in [-0.15, -0.1) is 0 Å². The molecule has 1 N–H and O–H groups in total. The molecule has 13 heavy (non-hydrogen) atoms. The van der Waals surface area contributed by atoms with Crippen LogP contribution in [0.15, 0.2) is 22.7 Å². The topological polar surface area (TPSA) is 12.0 Å². The van der Waals surface area contributed by atoms with Gasteiger partial charge in [-0.05, 0) is 23.6 Å². The van der Waals surface area contributed by atoms with Crippen LogP contribution in [-0.2, 0) is 6.54 Å². The molecule has 1 aliphatic rings. The van der Waals surface area contributed by atoms with Gasteiger partial charge in [0, 0.05) is 17.1 Å². The molecule has 1 aliphatic heterocycles. The number of rotatable bonds is 2. The van der Waals surface area contributed by atoms with Crippen molar-refractivity contribution >= 4 is 15.9 Å². The molecule has 70 valence electrons. The van der Waals surface area contributed by atoms with Crippen LogP contribution in [0.25, 0.3) is 0 Å². The van der Waals surface area contributed by atoms with Gasteiger partial charge in [-0.25, -0.2) is 0 Å². The van der Waals surface area contributed by atoms with Gasteiger partial charge in [0.15, 0.2) is 0 Å². The minimum absolute atomic E-state index is 0.581. The summed E-state index contributed by atoms with van der Waals surface area (Å²) < 4.78 is 1.25. The van der Waals surface area contributed by atoms with Crippen LogP contribution in [0.4, 0.5) is 0 Å². The first-order valence-corrected chi connectivity index (χ1v) is 5.63. The molecular weight excluding hydrogens is 226 g/mol. The summed E-state index contributed by atoms with van der Waals surface area (Å²) in [6.45, 7) is 3.25. The molecule has 2 heteroatoms. The fourth-order valence-corrected chi connectivity index (χ4v) is 2.49. The second kappa shape index (κ2) is 3.81. The predicted octanol–water partition coefficient (Wildman–Crippen LogP) is 3.39. The van der Waals surface area contributed by atoms with Gasteiger partial charge in [0.2, 0.25) is 0 Å². The standard InChI is InChI=1S/C11H14BrN/c1-2-4-11-8-5-3-6-10(12)9(8)7-13-11/h3,5-6,11,13H,2,4,7H2,1H3. The number of hydrogen-bond donors (Lipinski definition) is 1. The Bertz CT molecular complexity index is 309. The van der Waals surface area contributed by atoms with Crippen molar-refractivity contribution in [3.05, 3.63) is 33.8 Å². The van der Waals surface area contributed by atoms with Gasteiger partial charge in [0.05, 0.1) is 0 Å². The van der Waals surface area contributed by atoms with E-state index in [-0.39, 0.29) is 0 Å². The molecule has 1 atom stereocenters. The van der Waals surface area contributed by atoms with Crippen molar-refractivity contribution in [3.8, 4) is 0 Å². The van der Waals surface area contributed by atoms with Gasteiger partial charge in [0.1, 0.15) is 0 Å². The van der Waals surface area contributed by atoms with E-state index in [4.69, 9.17) is 0 Å². The molecule has 1 nitrogen and oxygen atoms in total. The third-order valence-electron chi connectivity index (χ3n) is 2.63. The summed E-state index contributed by atoms with van der Waals surface area (Å²) in [6.07, 6.45) is 2.48. The third-order valence-corrected chi connectivity index (χ3v) is 3.38. The molecule has 0 saturated carbocycles. The van der Waals surface area contributed by atoms with Crippen LogP contribution in [0.5, 0.6) is 0 Å². The van der Waals surface area contributed by atoms with Crippen LogP contribution in [-0.4, -0.2) is 0 Å². The first-order valence-electron chi connectivity index (χ1n) is 4.83. The Morgan fingerprint density at radius 2 is 2.38 bits per heavy atom. The Morgan fingerprint density at radius 3 is 3.15 bits per heavy atom. The predicted molar refractivity (Wildman–Crippen MR) is 58.6 cm³/mol. The normalized spacial score (nSPS) is 20.3. The minimum Gasteiger partial charge on any atom is -0.306 e. The fourth-order valence-electron chi connectivity index (χ4n) is 1.97. The van der Waals surface area contributed by atoms with Gasteiger partial charge in [-0.1, -0.05) is 41.4 Å². The van der Waals surface area contributed by atoms with Crippen molar-refractivity contribution in [1.29, 1.82) is 0 Å². The molecule has 1 aromatic rings. The highest BCUT2D eigenvalue weighted by atomic mass is 79.9. The minimum atomic E-state index is 0.581. The van der Waals surface area contributed by atoms with Gasteiger partial charge >= 0.3 is 0 Å². The first-order chi connectivity index (χ1) is 6.33. The molecule has 1 unspecified atom stereocenters. The Kier molecular flexibility index (Phi) is 2.70. The molecule has 0 amide bonds. The zero-order chi connectivity index (χ0) is 9.26. The van der Waals surface area contributed by atoms with Crippen molar-refractivity contribution < 1.29 is 0 Å². The maximum Gasteiger partial charge on any atom is 0.0326 e. The summed E-state index contributed by atoms with van der Waals surface area (Å²) in [5.41, 5.74) is 2.93. The molecular formula is C11H14BrN. The van der Waals surface area contributed by atoms with Crippen molar-refractivity contribution in [2.75, 3.05) is 0 Å². The average molecular weight is 240 g/mol. The lowest BCUT2D eigenvalue weighted by Gasteiger charge is -2.09. The average Bonchev–Trinajstić information content (AvgIpc) is 2.51. The molecule has 0 bridgehead atoms. The smallest absolute Gasteiger partial charge is 0.0326 e. The van der Waals surface area contributed by atoms with Crippen LogP contribution in [0.1, 0.15) is 36.9 Å². The van der Waals surface area contributed by atoms with Gasteiger partial charge in [0.25, 0.3) is 0 Å². The lowest BCUT2D eigenvalue weighted by molar-refractivity contribution is 0.535. The molecule has 0 fully saturated rings. The lowest BCUT2D eigenvalue weighted by Crippen LogP contribution is -2.11. The second-order valence-corrected chi connectivity index (χ2v) is 4.38. The number of hydrogen-bond acceptors (Lipinski definition) is 1. The molecule has 1 heterocycles. The quantitative estimate of drug-likeness (QED) is 0.835. The Morgan fingerprint density at radius 1 is 1.54 bits per heavy atom. The first kappa shape index (κ1) is 9.22. The van der Waals surface area contributed by atoms with Crippen molar-refractivity contribution in [2.45, 2.75) is 32.4 Å². The number of halogens is 1. The van der Waals surface area contributed by atoms with E-state index in [1.807, 2.05) is 0 Å². The van der Waals surface area contributed by atoms with E-state index in [9.17, 15) is 0 Å². The van der Waals surface area contributed by atoms with Crippen LogP contribution in [0, 0.1) is 0 Å². The lowest BCUT2D eigenvalue weighted by atomic mass is 10.0. The molecule has 0 radical (unpaired) electrons. The van der Waals surface area contributed by atoms with Gasteiger partial charge < -0.3 is 5.32 Å². The summed E-state index contributed by atoms with van der Waals surface area (Å²) in [7, 11) is 0.